The van der Waals surface area contributed by atoms with E-state index in [-0.39, 0.29) is 12.0 Å². The van der Waals surface area contributed by atoms with E-state index < -0.39 is 29.4 Å². The number of nitrogens with one attached hydrogen (secondary N) is 1. The second-order valence-corrected chi connectivity index (χ2v) is 4.63. The van der Waals surface area contributed by atoms with Crippen molar-refractivity contribution in [1.82, 2.24) is 15.3 Å². The number of amides is 1. The van der Waals surface area contributed by atoms with E-state index in [4.69, 9.17) is 5.11 Å². The molecule has 0 bridgehead atoms. The van der Waals surface area contributed by atoms with Gasteiger partial charge in [0.2, 0.25) is 5.82 Å². The monoisotopic (exact) mass is 305 g/mol. The van der Waals surface area contributed by atoms with Gasteiger partial charge in [-0.2, -0.15) is 13.2 Å². The lowest BCUT2D eigenvalue weighted by atomic mass is 9.96. The van der Waals surface area contributed by atoms with E-state index >= 15 is 0 Å². The zero-order valence-corrected chi connectivity index (χ0v) is 11.4. The van der Waals surface area contributed by atoms with Crippen LogP contribution in [-0.2, 0) is 11.0 Å². The van der Waals surface area contributed by atoms with E-state index in [9.17, 15) is 22.8 Å². The van der Waals surface area contributed by atoms with E-state index in [1.165, 1.54) is 6.92 Å². The van der Waals surface area contributed by atoms with E-state index in [1.807, 2.05) is 0 Å². The molecule has 0 aliphatic rings. The van der Waals surface area contributed by atoms with Crippen LogP contribution in [0.1, 0.15) is 42.9 Å². The van der Waals surface area contributed by atoms with Gasteiger partial charge in [0.05, 0.1) is 5.56 Å². The van der Waals surface area contributed by atoms with Gasteiger partial charge < -0.3 is 10.4 Å². The minimum atomic E-state index is -4.70. The first-order valence-corrected chi connectivity index (χ1v) is 6.05. The Hall–Kier alpha value is -2.19. The fraction of sp³-hybridized carbons (Fsp3) is 0.500. The number of carbonyl (C=O) groups is 2. The predicted molar refractivity (Wildman–Crippen MR) is 65.4 cm³/mol. The highest BCUT2D eigenvalue weighted by atomic mass is 19.4. The summed E-state index contributed by atoms with van der Waals surface area (Å²) in [5, 5.41) is 11.4. The van der Waals surface area contributed by atoms with Crippen molar-refractivity contribution in [2.45, 2.75) is 38.4 Å². The summed E-state index contributed by atoms with van der Waals surface area (Å²) in [6, 6.07) is 0. The molecule has 1 heterocycles. The summed E-state index contributed by atoms with van der Waals surface area (Å²) in [7, 11) is 0. The number of halogens is 3. The SMILES string of the molecule is CCCC(C)(NC(=O)c1cnc(C(F)(F)F)nc1)C(=O)O. The molecule has 116 valence electrons. The third-order valence-corrected chi connectivity index (χ3v) is 2.78. The van der Waals surface area contributed by atoms with Gasteiger partial charge in [0.1, 0.15) is 5.54 Å². The van der Waals surface area contributed by atoms with Gasteiger partial charge in [-0.25, -0.2) is 14.8 Å². The summed E-state index contributed by atoms with van der Waals surface area (Å²) in [6.45, 7) is 3.07. The van der Waals surface area contributed by atoms with Crippen LogP contribution >= 0.6 is 0 Å². The lowest BCUT2D eigenvalue weighted by Gasteiger charge is -2.25. The minimum absolute atomic E-state index is 0.176. The Kier molecular flexibility index (Phi) is 4.87. The zero-order valence-electron chi connectivity index (χ0n) is 11.4. The van der Waals surface area contributed by atoms with Crippen LogP contribution in [0.3, 0.4) is 0 Å². The second-order valence-electron chi connectivity index (χ2n) is 4.63. The van der Waals surface area contributed by atoms with Gasteiger partial charge in [-0.05, 0) is 13.3 Å². The van der Waals surface area contributed by atoms with Crippen molar-refractivity contribution in [3.8, 4) is 0 Å². The van der Waals surface area contributed by atoms with E-state index in [1.54, 1.807) is 6.92 Å². The van der Waals surface area contributed by atoms with Crippen LogP contribution in [0.2, 0.25) is 0 Å². The van der Waals surface area contributed by atoms with Crippen molar-refractivity contribution in [3.05, 3.63) is 23.8 Å². The molecule has 0 saturated heterocycles. The molecule has 1 aromatic heterocycles. The highest BCUT2D eigenvalue weighted by Crippen LogP contribution is 2.25. The first-order valence-electron chi connectivity index (χ1n) is 6.05. The third-order valence-electron chi connectivity index (χ3n) is 2.78. The fourth-order valence-corrected chi connectivity index (χ4v) is 1.64. The summed E-state index contributed by atoms with van der Waals surface area (Å²) in [5.74, 6) is -3.44. The molecule has 9 heteroatoms. The number of nitrogens with zero attached hydrogens (tertiary/aromatic N) is 2. The molecule has 1 aromatic rings. The summed E-state index contributed by atoms with van der Waals surface area (Å²) in [5.41, 5.74) is -1.75. The molecule has 0 aliphatic carbocycles. The average Bonchev–Trinajstić information content (AvgIpc) is 2.37. The van der Waals surface area contributed by atoms with Crippen LogP contribution in [0.4, 0.5) is 13.2 Å². The summed E-state index contributed by atoms with van der Waals surface area (Å²) >= 11 is 0. The number of aromatic nitrogens is 2. The van der Waals surface area contributed by atoms with E-state index in [0.29, 0.717) is 18.8 Å². The number of hydrogen-bond acceptors (Lipinski definition) is 4. The maximum absolute atomic E-state index is 12.3. The maximum atomic E-state index is 12.3. The highest BCUT2D eigenvalue weighted by Gasteiger charge is 2.36. The number of rotatable bonds is 5. The number of carboxylic acid groups (broad SMARTS) is 1. The molecule has 0 radical (unpaired) electrons. The molecule has 0 fully saturated rings. The van der Waals surface area contributed by atoms with Crippen LogP contribution in [0.25, 0.3) is 0 Å². The van der Waals surface area contributed by atoms with Gasteiger partial charge in [-0.1, -0.05) is 13.3 Å². The van der Waals surface area contributed by atoms with Crippen LogP contribution < -0.4 is 5.32 Å². The Morgan fingerprint density at radius 2 is 1.81 bits per heavy atom. The quantitative estimate of drug-likeness (QED) is 0.866. The Morgan fingerprint density at radius 3 is 2.19 bits per heavy atom. The van der Waals surface area contributed by atoms with Crippen LogP contribution in [0.5, 0.6) is 0 Å². The first-order chi connectivity index (χ1) is 9.60. The summed E-state index contributed by atoms with van der Waals surface area (Å²) in [6.07, 6.45) is -2.60. The van der Waals surface area contributed by atoms with E-state index in [0.717, 1.165) is 0 Å². The van der Waals surface area contributed by atoms with Crippen LogP contribution in [0.15, 0.2) is 12.4 Å². The lowest BCUT2D eigenvalue weighted by molar-refractivity contribution is -0.145. The maximum Gasteiger partial charge on any atom is 0.451 e. The normalized spacial score (nSPS) is 14.3. The molecule has 1 rings (SSSR count). The largest absolute Gasteiger partial charge is 0.480 e. The molecular weight excluding hydrogens is 291 g/mol. The summed E-state index contributed by atoms with van der Waals surface area (Å²) < 4.78 is 36.9. The number of alkyl halides is 3. The molecule has 1 amide bonds. The van der Waals surface area contributed by atoms with Crippen molar-refractivity contribution in [2.24, 2.45) is 0 Å². The molecular formula is C12H14F3N3O3. The molecule has 0 saturated carbocycles. The topological polar surface area (TPSA) is 92.2 Å². The fourth-order valence-electron chi connectivity index (χ4n) is 1.64. The van der Waals surface area contributed by atoms with Gasteiger partial charge in [0, 0.05) is 12.4 Å². The Labute approximate surface area is 118 Å². The Bertz CT molecular complexity index is 531. The van der Waals surface area contributed by atoms with Crippen molar-refractivity contribution < 1.29 is 27.9 Å². The third kappa shape index (κ3) is 4.14. The van der Waals surface area contributed by atoms with Gasteiger partial charge in [0.15, 0.2) is 0 Å². The van der Waals surface area contributed by atoms with Crippen molar-refractivity contribution in [2.75, 3.05) is 0 Å². The second kappa shape index (κ2) is 6.06. The van der Waals surface area contributed by atoms with Gasteiger partial charge in [0.25, 0.3) is 5.91 Å². The van der Waals surface area contributed by atoms with Crippen LogP contribution in [-0.4, -0.2) is 32.5 Å². The number of carbonyl (C=O) groups excluding carboxylic acids is 1. The molecule has 2 N–H and O–H groups in total. The molecule has 0 aliphatic heterocycles. The number of carboxylic acids is 1. The molecule has 21 heavy (non-hydrogen) atoms. The summed E-state index contributed by atoms with van der Waals surface area (Å²) in [4.78, 5) is 29.1. The van der Waals surface area contributed by atoms with Gasteiger partial charge in [-0.15, -0.1) is 0 Å². The molecule has 0 spiro atoms. The van der Waals surface area contributed by atoms with Crippen molar-refractivity contribution >= 4 is 11.9 Å². The Balaban J connectivity index is 2.91. The Morgan fingerprint density at radius 1 is 1.29 bits per heavy atom. The molecule has 0 aromatic carbocycles. The first kappa shape index (κ1) is 16.9. The molecule has 1 atom stereocenters. The highest BCUT2D eigenvalue weighted by molar-refractivity contribution is 5.97. The number of aliphatic carboxylic acids is 1. The van der Waals surface area contributed by atoms with E-state index in [2.05, 4.69) is 15.3 Å². The van der Waals surface area contributed by atoms with Gasteiger partial charge >= 0.3 is 12.1 Å². The molecule has 6 nitrogen and oxygen atoms in total. The number of hydrogen-bond donors (Lipinski definition) is 2. The molecule has 1 unspecified atom stereocenters. The lowest BCUT2D eigenvalue weighted by Crippen LogP contribution is -2.52. The van der Waals surface area contributed by atoms with Gasteiger partial charge in [-0.3, -0.25) is 4.79 Å². The van der Waals surface area contributed by atoms with Crippen molar-refractivity contribution in [3.63, 3.8) is 0 Å². The smallest absolute Gasteiger partial charge is 0.451 e. The predicted octanol–water partition coefficient (Wildman–Crippen LogP) is 1.87. The van der Waals surface area contributed by atoms with Crippen molar-refractivity contribution in [1.29, 1.82) is 0 Å². The van der Waals surface area contributed by atoms with Crippen LogP contribution in [0, 0.1) is 0 Å². The zero-order chi connectivity index (χ0) is 16.3. The standard InChI is InChI=1S/C12H14F3N3O3/c1-3-4-11(2,10(20)21)18-8(19)7-5-16-9(17-6-7)12(13,14)15/h5-6H,3-4H2,1-2H3,(H,18,19)(H,20,21). The minimum Gasteiger partial charge on any atom is -0.480 e. The average molecular weight is 305 g/mol.